The molecule has 1 fully saturated rings. The molecule has 3 heteroatoms. The van der Waals surface area contributed by atoms with Crippen molar-refractivity contribution in [2.24, 2.45) is 0 Å². The first-order chi connectivity index (χ1) is 5.71. The van der Waals surface area contributed by atoms with Gasteiger partial charge in [-0.1, -0.05) is 0 Å². The average Bonchev–Trinajstić information content (AvgIpc) is 1.94. The lowest BCUT2D eigenvalue weighted by Crippen LogP contribution is -2.56. The van der Waals surface area contributed by atoms with Crippen LogP contribution in [-0.2, 0) is 0 Å². The number of nitriles is 1. The number of nitrogens with zero attached hydrogens (tertiary/aromatic N) is 2. The molecule has 0 bridgehead atoms. The fourth-order valence-corrected chi connectivity index (χ4v) is 1.72. The highest BCUT2D eigenvalue weighted by atomic mass is 15.2. The lowest BCUT2D eigenvalue weighted by molar-refractivity contribution is 0.0613. The first kappa shape index (κ1) is 9.50. The molecule has 0 aromatic heterocycles. The Morgan fingerprint density at radius 3 is 2.50 bits per heavy atom. The van der Waals surface area contributed by atoms with E-state index in [2.05, 4.69) is 30.4 Å². The van der Waals surface area contributed by atoms with E-state index >= 15 is 0 Å². The van der Waals surface area contributed by atoms with Crippen LogP contribution in [0, 0.1) is 11.3 Å². The summed E-state index contributed by atoms with van der Waals surface area (Å²) in [6, 6.07) is 2.10. The first-order valence-electron chi connectivity index (χ1n) is 4.46. The Balaban J connectivity index is 2.31. The standard InChI is InChI=1S/C9H17N3/c1-12(2)9(4-3-5-9)8-11-7-6-10/h11H,3-5,7-8H2,1-2H3. The van der Waals surface area contributed by atoms with Crippen molar-refractivity contribution in [3.05, 3.63) is 0 Å². The predicted molar refractivity (Wildman–Crippen MR) is 48.8 cm³/mol. The monoisotopic (exact) mass is 167 g/mol. The minimum Gasteiger partial charge on any atom is -0.303 e. The van der Waals surface area contributed by atoms with E-state index < -0.39 is 0 Å². The minimum atomic E-state index is 0.344. The third kappa shape index (κ3) is 1.77. The van der Waals surface area contributed by atoms with E-state index in [1.165, 1.54) is 19.3 Å². The highest BCUT2D eigenvalue weighted by Crippen LogP contribution is 2.35. The highest BCUT2D eigenvalue weighted by molar-refractivity contribution is 4.98. The normalized spacial score (nSPS) is 20.2. The van der Waals surface area contributed by atoms with Gasteiger partial charge in [-0.25, -0.2) is 0 Å². The summed E-state index contributed by atoms with van der Waals surface area (Å²) >= 11 is 0. The molecule has 1 aliphatic rings. The van der Waals surface area contributed by atoms with E-state index in [0.29, 0.717) is 12.1 Å². The van der Waals surface area contributed by atoms with Crippen molar-refractivity contribution in [1.82, 2.24) is 10.2 Å². The summed E-state index contributed by atoms with van der Waals surface area (Å²) in [6.45, 7) is 1.42. The van der Waals surface area contributed by atoms with Gasteiger partial charge in [-0.2, -0.15) is 5.26 Å². The summed E-state index contributed by atoms with van der Waals surface area (Å²) in [5.74, 6) is 0. The van der Waals surface area contributed by atoms with Gasteiger partial charge >= 0.3 is 0 Å². The van der Waals surface area contributed by atoms with Gasteiger partial charge in [-0.3, -0.25) is 0 Å². The van der Waals surface area contributed by atoms with Crippen LogP contribution in [0.25, 0.3) is 0 Å². The smallest absolute Gasteiger partial charge is 0.0841 e. The molecule has 0 unspecified atom stereocenters. The summed E-state index contributed by atoms with van der Waals surface area (Å²) in [5.41, 5.74) is 0.344. The van der Waals surface area contributed by atoms with Crippen LogP contribution in [0.15, 0.2) is 0 Å². The quantitative estimate of drug-likeness (QED) is 0.492. The van der Waals surface area contributed by atoms with Gasteiger partial charge in [0, 0.05) is 12.1 Å². The maximum absolute atomic E-state index is 8.37. The second-order valence-electron chi connectivity index (χ2n) is 3.73. The highest BCUT2D eigenvalue weighted by Gasteiger charge is 2.38. The Morgan fingerprint density at radius 1 is 1.50 bits per heavy atom. The molecule has 0 aromatic carbocycles. The Morgan fingerprint density at radius 2 is 2.17 bits per heavy atom. The Hall–Kier alpha value is -0.590. The van der Waals surface area contributed by atoms with Crippen LogP contribution in [0.4, 0.5) is 0 Å². The summed E-state index contributed by atoms with van der Waals surface area (Å²) in [4.78, 5) is 2.28. The zero-order valence-electron chi connectivity index (χ0n) is 7.93. The molecule has 0 aromatic rings. The van der Waals surface area contributed by atoms with E-state index in [0.717, 1.165) is 6.54 Å². The predicted octanol–water partition coefficient (Wildman–Crippen LogP) is 0.584. The molecule has 0 spiro atoms. The summed E-state index contributed by atoms with van der Waals surface area (Å²) in [7, 11) is 4.24. The van der Waals surface area contributed by atoms with E-state index in [1.54, 1.807) is 0 Å². The molecule has 3 nitrogen and oxygen atoms in total. The average molecular weight is 167 g/mol. The minimum absolute atomic E-state index is 0.344. The lowest BCUT2D eigenvalue weighted by atomic mass is 9.75. The number of hydrogen-bond donors (Lipinski definition) is 1. The SMILES string of the molecule is CN(C)C1(CNCC#N)CCC1. The van der Waals surface area contributed by atoms with E-state index in [4.69, 9.17) is 5.26 Å². The third-order valence-electron chi connectivity index (χ3n) is 2.89. The molecular formula is C9H17N3. The molecule has 0 saturated heterocycles. The second kappa shape index (κ2) is 3.88. The van der Waals surface area contributed by atoms with Gasteiger partial charge in [0.15, 0.2) is 0 Å². The van der Waals surface area contributed by atoms with Crippen molar-refractivity contribution in [3.63, 3.8) is 0 Å². The molecule has 1 N–H and O–H groups in total. The van der Waals surface area contributed by atoms with Crippen LogP contribution in [0.1, 0.15) is 19.3 Å². The Kier molecular flexibility index (Phi) is 3.07. The van der Waals surface area contributed by atoms with Gasteiger partial charge in [0.2, 0.25) is 0 Å². The first-order valence-corrected chi connectivity index (χ1v) is 4.46. The van der Waals surface area contributed by atoms with Crippen molar-refractivity contribution in [1.29, 1.82) is 5.26 Å². The molecule has 1 rings (SSSR count). The molecule has 0 heterocycles. The fraction of sp³-hybridized carbons (Fsp3) is 0.889. The van der Waals surface area contributed by atoms with Crippen molar-refractivity contribution in [3.8, 4) is 6.07 Å². The summed E-state index contributed by atoms with van der Waals surface area (Å²) in [6.07, 6.45) is 3.85. The van der Waals surface area contributed by atoms with Crippen LogP contribution in [0.2, 0.25) is 0 Å². The number of rotatable bonds is 4. The second-order valence-corrected chi connectivity index (χ2v) is 3.73. The molecule has 0 aliphatic heterocycles. The molecule has 12 heavy (non-hydrogen) atoms. The molecular weight excluding hydrogens is 150 g/mol. The van der Waals surface area contributed by atoms with Crippen LogP contribution < -0.4 is 5.32 Å². The molecule has 1 saturated carbocycles. The van der Waals surface area contributed by atoms with E-state index in [-0.39, 0.29) is 0 Å². The van der Waals surface area contributed by atoms with Gasteiger partial charge in [-0.05, 0) is 33.4 Å². The van der Waals surface area contributed by atoms with Crippen LogP contribution in [-0.4, -0.2) is 37.6 Å². The van der Waals surface area contributed by atoms with Crippen molar-refractivity contribution >= 4 is 0 Å². The zero-order chi connectivity index (χ0) is 9.03. The van der Waals surface area contributed by atoms with Crippen molar-refractivity contribution in [2.45, 2.75) is 24.8 Å². The number of likely N-dealkylation sites (N-methyl/N-ethyl adjacent to an activating group) is 1. The van der Waals surface area contributed by atoms with Crippen LogP contribution in [0.5, 0.6) is 0 Å². The Bertz CT molecular complexity index is 177. The number of nitrogens with one attached hydrogen (secondary N) is 1. The zero-order valence-corrected chi connectivity index (χ0v) is 7.93. The van der Waals surface area contributed by atoms with Crippen molar-refractivity contribution in [2.75, 3.05) is 27.2 Å². The summed E-state index contributed by atoms with van der Waals surface area (Å²) < 4.78 is 0. The molecule has 1 aliphatic carbocycles. The summed E-state index contributed by atoms with van der Waals surface area (Å²) in [5, 5.41) is 11.5. The maximum atomic E-state index is 8.37. The van der Waals surface area contributed by atoms with Crippen molar-refractivity contribution < 1.29 is 0 Å². The fourth-order valence-electron chi connectivity index (χ4n) is 1.72. The van der Waals surface area contributed by atoms with Gasteiger partial charge in [0.25, 0.3) is 0 Å². The van der Waals surface area contributed by atoms with Gasteiger partial charge in [-0.15, -0.1) is 0 Å². The molecule has 0 radical (unpaired) electrons. The van der Waals surface area contributed by atoms with Crippen LogP contribution >= 0.6 is 0 Å². The van der Waals surface area contributed by atoms with E-state index in [9.17, 15) is 0 Å². The topological polar surface area (TPSA) is 39.1 Å². The lowest BCUT2D eigenvalue weighted by Gasteiger charge is -2.47. The number of hydrogen-bond acceptors (Lipinski definition) is 3. The van der Waals surface area contributed by atoms with Gasteiger partial charge in [0.1, 0.15) is 0 Å². The molecule has 0 amide bonds. The molecule has 68 valence electrons. The third-order valence-corrected chi connectivity index (χ3v) is 2.89. The molecule has 0 atom stereocenters. The Labute approximate surface area is 74.4 Å². The largest absolute Gasteiger partial charge is 0.303 e. The van der Waals surface area contributed by atoms with Crippen LogP contribution in [0.3, 0.4) is 0 Å². The van der Waals surface area contributed by atoms with Gasteiger partial charge in [0.05, 0.1) is 12.6 Å². The van der Waals surface area contributed by atoms with Gasteiger partial charge < -0.3 is 10.2 Å². The maximum Gasteiger partial charge on any atom is 0.0841 e. The van der Waals surface area contributed by atoms with E-state index in [1.807, 2.05) is 0 Å².